The summed E-state index contributed by atoms with van der Waals surface area (Å²) in [6.07, 6.45) is 3.96. The lowest BCUT2D eigenvalue weighted by Crippen LogP contribution is -2.07. The third kappa shape index (κ3) is 2.64. The van der Waals surface area contributed by atoms with Gasteiger partial charge in [-0.1, -0.05) is 12.1 Å². The molecular formula is C14H19N3O. The number of anilines is 1. The van der Waals surface area contributed by atoms with E-state index in [0.29, 0.717) is 0 Å². The van der Waals surface area contributed by atoms with Crippen LogP contribution in [0, 0.1) is 0 Å². The monoisotopic (exact) mass is 245 g/mol. The summed E-state index contributed by atoms with van der Waals surface area (Å²) in [5, 5.41) is 7.72. The minimum atomic E-state index is 0.196. The second kappa shape index (κ2) is 5.58. The first-order valence-electron chi connectivity index (χ1n) is 6.16. The Balaban J connectivity index is 2.13. The largest absolute Gasteiger partial charge is 0.495 e. The van der Waals surface area contributed by atoms with Gasteiger partial charge in [-0.15, -0.1) is 0 Å². The van der Waals surface area contributed by atoms with Gasteiger partial charge in [-0.25, -0.2) is 0 Å². The summed E-state index contributed by atoms with van der Waals surface area (Å²) in [5.74, 6) is 0.854. The maximum Gasteiger partial charge on any atom is 0.141 e. The van der Waals surface area contributed by atoms with Gasteiger partial charge in [-0.05, 0) is 26.0 Å². The molecule has 2 aromatic rings. The number of rotatable bonds is 5. The van der Waals surface area contributed by atoms with Gasteiger partial charge >= 0.3 is 0 Å². The van der Waals surface area contributed by atoms with E-state index in [1.165, 1.54) is 5.56 Å². The topological polar surface area (TPSA) is 39.1 Å². The predicted molar refractivity (Wildman–Crippen MR) is 72.9 cm³/mol. The van der Waals surface area contributed by atoms with Gasteiger partial charge in [0.25, 0.3) is 0 Å². The molecule has 1 N–H and O–H groups in total. The van der Waals surface area contributed by atoms with Gasteiger partial charge in [0.1, 0.15) is 5.75 Å². The van der Waals surface area contributed by atoms with Crippen LogP contribution in [-0.4, -0.2) is 16.9 Å². The molecule has 0 aliphatic rings. The molecule has 0 aliphatic heterocycles. The maximum atomic E-state index is 5.33. The number of nitrogens with zero attached hydrogens (tertiary/aromatic N) is 2. The molecule has 0 fully saturated rings. The lowest BCUT2D eigenvalue weighted by Gasteiger charge is -2.16. The second-order valence-electron chi connectivity index (χ2n) is 4.20. The molecular weight excluding hydrogens is 226 g/mol. The Morgan fingerprint density at radius 1 is 1.39 bits per heavy atom. The molecule has 0 saturated heterocycles. The van der Waals surface area contributed by atoms with Crippen molar-refractivity contribution in [3.05, 3.63) is 42.2 Å². The van der Waals surface area contributed by atoms with Crippen LogP contribution in [0.3, 0.4) is 0 Å². The van der Waals surface area contributed by atoms with Gasteiger partial charge < -0.3 is 10.1 Å². The normalized spacial score (nSPS) is 12.2. The number of aryl methyl sites for hydroxylation is 1. The van der Waals surface area contributed by atoms with E-state index in [1.54, 1.807) is 7.11 Å². The average molecular weight is 245 g/mol. The molecule has 0 spiro atoms. The van der Waals surface area contributed by atoms with E-state index in [0.717, 1.165) is 18.0 Å². The third-order valence-electron chi connectivity index (χ3n) is 2.96. The van der Waals surface area contributed by atoms with Crippen molar-refractivity contribution in [3.8, 4) is 5.75 Å². The summed E-state index contributed by atoms with van der Waals surface area (Å²) in [5.41, 5.74) is 2.17. The number of para-hydroxylation sites is 2. The van der Waals surface area contributed by atoms with E-state index >= 15 is 0 Å². The van der Waals surface area contributed by atoms with Crippen LogP contribution in [0.25, 0.3) is 0 Å². The molecule has 0 bridgehead atoms. The van der Waals surface area contributed by atoms with Crippen molar-refractivity contribution in [1.29, 1.82) is 0 Å². The Kier molecular flexibility index (Phi) is 3.87. The Morgan fingerprint density at radius 3 is 2.83 bits per heavy atom. The van der Waals surface area contributed by atoms with Crippen molar-refractivity contribution in [2.75, 3.05) is 12.4 Å². The fourth-order valence-electron chi connectivity index (χ4n) is 1.86. The molecule has 1 aromatic heterocycles. The van der Waals surface area contributed by atoms with Gasteiger partial charge in [0, 0.05) is 18.3 Å². The quantitative estimate of drug-likeness (QED) is 0.879. The van der Waals surface area contributed by atoms with Crippen LogP contribution in [0.15, 0.2) is 36.7 Å². The molecule has 4 nitrogen and oxygen atoms in total. The molecule has 0 saturated carbocycles. The molecule has 1 unspecified atom stereocenters. The molecule has 1 atom stereocenters. The number of benzene rings is 1. The summed E-state index contributed by atoms with van der Waals surface area (Å²) in [6, 6.07) is 8.11. The van der Waals surface area contributed by atoms with Crippen LogP contribution in [-0.2, 0) is 6.54 Å². The molecule has 96 valence electrons. The molecule has 2 rings (SSSR count). The lowest BCUT2D eigenvalue weighted by molar-refractivity contribution is 0.416. The van der Waals surface area contributed by atoms with Crippen LogP contribution in [0.1, 0.15) is 25.5 Å². The Bertz CT molecular complexity index is 507. The standard InChI is InChI=1S/C14H19N3O/c1-4-17-10-12(9-15-17)11(2)16-13-7-5-6-8-14(13)18-3/h5-11,16H,4H2,1-3H3. The Labute approximate surface area is 108 Å². The number of aromatic nitrogens is 2. The summed E-state index contributed by atoms with van der Waals surface area (Å²) in [7, 11) is 1.68. The van der Waals surface area contributed by atoms with E-state index in [1.807, 2.05) is 35.1 Å². The third-order valence-corrected chi connectivity index (χ3v) is 2.96. The highest BCUT2D eigenvalue weighted by Crippen LogP contribution is 2.27. The van der Waals surface area contributed by atoms with Gasteiger partial charge in [0.2, 0.25) is 0 Å². The van der Waals surface area contributed by atoms with E-state index in [4.69, 9.17) is 4.74 Å². The second-order valence-corrected chi connectivity index (χ2v) is 4.20. The van der Waals surface area contributed by atoms with Gasteiger partial charge in [0.15, 0.2) is 0 Å². The maximum absolute atomic E-state index is 5.33. The minimum absolute atomic E-state index is 0.196. The van der Waals surface area contributed by atoms with Gasteiger partial charge in [0.05, 0.1) is 25.0 Å². The zero-order valence-electron chi connectivity index (χ0n) is 11.1. The summed E-state index contributed by atoms with van der Waals surface area (Å²) in [6.45, 7) is 5.08. The zero-order valence-corrected chi connectivity index (χ0v) is 11.1. The Hall–Kier alpha value is -1.97. The Morgan fingerprint density at radius 2 is 2.17 bits per heavy atom. The number of ether oxygens (including phenoxy) is 1. The lowest BCUT2D eigenvalue weighted by atomic mass is 10.1. The predicted octanol–water partition coefficient (Wildman–Crippen LogP) is 3.08. The van der Waals surface area contributed by atoms with Crippen LogP contribution in [0.2, 0.25) is 0 Å². The fourth-order valence-corrected chi connectivity index (χ4v) is 1.86. The van der Waals surface area contributed by atoms with Crippen molar-refractivity contribution in [2.24, 2.45) is 0 Å². The molecule has 0 aliphatic carbocycles. The summed E-state index contributed by atoms with van der Waals surface area (Å²) >= 11 is 0. The molecule has 18 heavy (non-hydrogen) atoms. The molecule has 0 amide bonds. The first kappa shape index (κ1) is 12.5. The average Bonchev–Trinajstić information content (AvgIpc) is 2.88. The molecule has 4 heteroatoms. The van der Waals surface area contributed by atoms with Crippen molar-refractivity contribution >= 4 is 5.69 Å². The number of methoxy groups -OCH3 is 1. The highest BCUT2D eigenvalue weighted by molar-refractivity contribution is 5.57. The highest BCUT2D eigenvalue weighted by Gasteiger charge is 2.10. The molecule has 1 heterocycles. The SMILES string of the molecule is CCn1cc(C(C)Nc2ccccc2OC)cn1. The first-order valence-corrected chi connectivity index (χ1v) is 6.16. The van der Waals surface area contributed by atoms with Gasteiger partial charge in [-0.3, -0.25) is 4.68 Å². The van der Waals surface area contributed by atoms with Crippen molar-refractivity contribution in [1.82, 2.24) is 9.78 Å². The zero-order chi connectivity index (χ0) is 13.0. The summed E-state index contributed by atoms with van der Waals surface area (Å²) in [4.78, 5) is 0. The smallest absolute Gasteiger partial charge is 0.141 e. The van der Waals surface area contributed by atoms with Gasteiger partial charge in [-0.2, -0.15) is 5.10 Å². The van der Waals surface area contributed by atoms with Crippen LogP contribution in [0.5, 0.6) is 5.75 Å². The fraction of sp³-hybridized carbons (Fsp3) is 0.357. The number of hydrogen-bond donors (Lipinski definition) is 1. The van der Waals surface area contributed by atoms with Crippen LogP contribution in [0.4, 0.5) is 5.69 Å². The van der Waals surface area contributed by atoms with E-state index < -0.39 is 0 Å². The van der Waals surface area contributed by atoms with Crippen molar-refractivity contribution < 1.29 is 4.74 Å². The minimum Gasteiger partial charge on any atom is -0.495 e. The van der Waals surface area contributed by atoms with E-state index in [2.05, 4.69) is 30.5 Å². The molecule has 0 radical (unpaired) electrons. The summed E-state index contributed by atoms with van der Waals surface area (Å²) < 4.78 is 7.25. The van der Waals surface area contributed by atoms with E-state index in [9.17, 15) is 0 Å². The van der Waals surface area contributed by atoms with Crippen molar-refractivity contribution in [3.63, 3.8) is 0 Å². The first-order chi connectivity index (χ1) is 8.74. The van der Waals surface area contributed by atoms with E-state index in [-0.39, 0.29) is 6.04 Å². The highest BCUT2D eigenvalue weighted by atomic mass is 16.5. The number of hydrogen-bond acceptors (Lipinski definition) is 3. The number of nitrogens with one attached hydrogen (secondary N) is 1. The molecule has 1 aromatic carbocycles. The van der Waals surface area contributed by atoms with Crippen LogP contribution < -0.4 is 10.1 Å². The van der Waals surface area contributed by atoms with Crippen LogP contribution >= 0.6 is 0 Å². The van der Waals surface area contributed by atoms with Crippen molar-refractivity contribution in [2.45, 2.75) is 26.4 Å².